The number of amides is 3. The number of aromatic nitrogens is 2. The Morgan fingerprint density at radius 2 is 1.68 bits per heavy atom. The van der Waals surface area contributed by atoms with E-state index in [0.29, 0.717) is 48.9 Å². The Morgan fingerprint density at radius 3 is 2.39 bits per heavy atom. The van der Waals surface area contributed by atoms with Crippen molar-refractivity contribution >= 4 is 11.9 Å². The maximum Gasteiger partial charge on any atom is 0.317 e. The van der Waals surface area contributed by atoms with Crippen molar-refractivity contribution in [2.45, 2.75) is 64.0 Å². The van der Waals surface area contributed by atoms with Crippen LogP contribution >= 0.6 is 0 Å². The first-order valence-corrected chi connectivity index (χ1v) is 11.2. The molecule has 1 aliphatic heterocycles. The molecule has 4 rings (SSSR count). The van der Waals surface area contributed by atoms with E-state index in [4.69, 9.17) is 0 Å². The zero-order valence-corrected chi connectivity index (χ0v) is 17.9. The number of benzene rings is 1. The van der Waals surface area contributed by atoms with Crippen LogP contribution in [0.3, 0.4) is 0 Å². The minimum Gasteiger partial charge on any atom is -0.349 e. The zero-order valence-electron chi connectivity index (χ0n) is 17.9. The van der Waals surface area contributed by atoms with Crippen LogP contribution in [0.5, 0.6) is 0 Å². The van der Waals surface area contributed by atoms with Crippen LogP contribution in [-0.2, 0) is 0 Å². The molecule has 7 nitrogen and oxygen atoms in total. The number of hydrogen-bond acceptors (Lipinski definition) is 3. The van der Waals surface area contributed by atoms with Gasteiger partial charge >= 0.3 is 6.03 Å². The minimum absolute atomic E-state index is 0.00226. The molecule has 1 saturated carbocycles. The van der Waals surface area contributed by atoms with Crippen LogP contribution in [0.25, 0.3) is 5.69 Å². The van der Waals surface area contributed by atoms with Gasteiger partial charge in [-0.25, -0.2) is 13.9 Å². The predicted molar refractivity (Wildman–Crippen MR) is 116 cm³/mol. The van der Waals surface area contributed by atoms with Crippen molar-refractivity contribution in [3.05, 3.63) is 47.5 Å². The molecule has 2 aromatic rings. The third kappa shape index (κ3) is 4.89. The lowest BCUT2D eigenvalue weighted by atomic mass is 9.95. The number of carbonyl (C=O) groups is 2. The first kappa shape index (κ1) is 21.3. The fourth-order valence-electron chi connectivity index (χ4n) is 4.50. The highest BCUT2D eigenvalue weighted by atomic mass is 19.1. The van der Waals surface area contributed by atoms with Crippen molar-refractivity contribution in [1.82, 2.24) is 25.3 Å². The summed E-state index contributed by atoms with van der Waals surface area (Å²) in [6, 6.07) is 6.66. The summed E-state index contributed by atoms with van der Waals surface area (Å²) >= 11 is 0. The SMILES string of the molecule is Cc1c(C(=O)NC2CCN(C(=O)NC3CCCCC3)CC2)cnn1-c1ccccc1F. The number of nitrogens with one attached hydrogen (secondary N) is 2. The Hall–Kier alpha value is -2.90. The van der Waals surface area contributed by atoms with Gasteiger partial charge in [0.1, 0.15) is 11.5 Å². The van der Waals surface area contributed by atoms with E-state index in [1.807, 2.05) is 4.90 Å². The molecule has 2 N–H and O–H groups in total. The fraction of sp³-hybridized carbons (Fsp3) is 0.522. The highest BCUT2D eigenvalue weighted by Crippen LogP contribution is 2.20. The fourth-order valence-corrected chi connectivity index (χ4v) is 4.50. The lowest BCUT2D eigenvalue weighted by Crippen LogP contribution is -2.51. The lowest BCUT2D eigenvalue weighted by molar-refractivity contribution is 0.0916. The molecule has 2 fully saturated rings. The number of nitrogens with zero attached hydrogens (tertiary/aromatic N) is 3. The number of para-hydroxylation sites is 1. The molecular weight excluding hydrogens is 397 g/mol. The standard InChI is InChI=1S/C23H30FN5O2/c1-16-19(15-25-29(16)21-10-6-5-9-20(21)24)22(30)26-18-11-13-28(14-12-18)23(31)27-17-7-3-2-4-8-17/h5-6,9-10,15,17-18H,2-4,7-8,11-14H2,1H3,(H,26,30)(H,27,31). The average Bonchev–Trinajstić information content (AvgIpc) is 3.16. The van der Waals surface area contributed by atoms with Crippen molar-refractivity contribution in [3.8, 4) is 5.69 Å². The third-order valence-electron chi connectivity index (χ3n) is 6.39. The van der Waals surface area contributed by atoms with E-state index in [1.165, 1.54) is 36.2 Å². The summed E-state index contributed by atoms with van der Waals surface area (Å²) in [5.41, 5.74) is 1.34. The molecule has 1 aromatic heterocycles. The van der Waals surface area contributed by atoms with Crippen LogP contribution in [-0.4, -0.2) is 51.8 Å². The van der Waals surface area contributed by atoms with Gasteiger partial charge in [0.2, 0.25) is 0 Å². The van der Waals surface area contributed by atoms with Gasteiger partial charge in [-0.1, -0.05) is 31.4 Å². The molecule has 0 unspecified atom stereocenters. The summed E-state index contributed by atoms with van der Waals surface area (Å²) in [5.74, 6) is -0.607. The van der Waals surface area contributed by atoms with Gasteiger partial charge in [-0.3, -0.25) is 4.79 Å². The predicted octanol–water partition coefficient (Wildman–Crippen LogP) is 3.56. The number of hydrogen-bond donors (Lipinski definition) is 2. The van der Waals surface area contributed by atoms with E-state index in [9.17, 15) is 14.0 Å². The number of likely N-dealkylation sites (tertiary alicyclic amines) is 1. The average molecular weight is 428 g/mol. The number of urea groups is 1. The summed E-state index contributed by atoms with van der Waals surface area (Å²) < 4.78 is 15.5. The summed E-state index contributed by atoms with van der Waals surface area (Å²) in [5, 5.41) is 10.4. The van der Waals surface area contributed by atoms with Gasteiger partial charge in [0, 0.05) is 25.2 Å². The topological polar surface area (TPSA) is 79.3 Å². The van der Waals surface area contributed by atoms with Gasteiger partial charge in [-0.05, 0) is 44.7 Å². The van der Waals surface area contributed by atoms with Crippen LogP contribution in [0, 0.1) is 12.7 Å². The van der Waals surface area contributed by atoms with E-state index in [2.05, 4.69) is 15.7 Å². The summed E-state index contributed by atoms with van der Waals surface area (Å²) in [7, 11) is 0. The molecule has 2 heterocycles. The molecule has 0 bridgehead atoms. The van der Waals surface area contributed by atoms with Crippen molar-refractivity contribution in [3.63, 3.8) is 0 Å². The molecule has 1 saturated heterocycles. The van der Waals surface area contributed by atoms with Crippen molar-refractivity contribution in [2.24, 2.45) is 0 Å². The van der Waals surface area contributed by atoms with Gasteiger partial charge in [-0.15, -0.1) is 0 Å². The number of piperidine rings is 1. The Bertz CT molecular complexity index is 930. The quantitative estimate of drug-likeness (QED) is 0.783. The number of carbonyl (C=O) groups excluding carboxylic acids is 2. The largest absolute Gasteiger partial charge is 0.349 e. The molecule has 0 spiro atoms. The number of rotatable bonds is 4. The smallest absolute Gasteiger partial charge is 0.317 e. The maximum absolute atomic E-state index is 14.1. The monoisotopic (exact) mass is 427 g/mol. The molecule has 3 amide bonds. The van der Waals surface area contributed by atoms with Crippen LogP contribution in [0.2, 0.25) is 0 Å². The van der Waals surface area contributed by atoms with Gasteiger partial charge in [0.15, 0.2) is 0 Å². The molecule has 2 aliphatic rings. The van der Waals surface area contributed by atoms with Gasteiger partial charge in [-0.2, -0.15) is 5.10 Å². The van der Waals surface area contributed by atoms with Crippen LogP contribution in [0.15, 0.2) is 30.5 Å². The molecule has 1 aromatic carbocycles. The van der Waals surface area contributed by atoms with E-state index in [-0.39, 0.29) is 23.8 Å². The second-order valence-electron chi connectivity index (χ2n) is 8.53. The molecule has 0 radical (unpaired) electrons. The van der Waals surface area contributed by atoms with Gasteiger partial charge in [0.25, 0.3) is 5.91 Å². The van der Waals surface area contributed by atoms with Crippen molar-refractivity contribution in [2.75, 3.05) is 13.1 Å². The second kappa shape index (κ2) is 9.49. The highest BCUT2D eigenvalue weighted by Gasteiger charge is 2.27. The van der Waals surface area contributed by atoms with Crippen LogP contribution in [0.4, 0.5) is 9.18 Å². The van der Waals surface area contributed by atoms with Crippen molar-refractivity contribution in [1.29, 1.82) is 0 Å². The summed E-state index contributed by atoms with van der Waals surface area (Å²) in [4.78, 5) is 27.1. The maximum atomic E-state index is 14.1. The highest BCUT2D eigenvalue weighted by molar-refractivity contribution is 5.95. The molecular formula is C23H30FN5O2. The summed E-state index contributed by atoms with van der Waals surface area (Å²) in [6.45, 7) is 3.00. The lowest BCUT2D eigenvalue weighted by Gasteiger charge is -2.34. The first-order chi connectivity index (χ1) is 15.0. The zero-order chi connectivity index (χ0) is 21.8. The Morgan fingerprint density at radius 1 is 1.00 bits per heavy atom. The van der Waals surface area contributed by atoms with Crippen molar-refractivity contribution < 1.29 is 14.0 Å². The molecule has 0 atom stereocenters. The van der Waals surface area contributed by atoms with E-state index in [1.54, 1.807) is 25.1 Å². The Balaban J connectivity index is 1.30. The molecule has 31 heavy (non-hydrogen) atoms. The first-order valence-electron chi connectivity index (χ1n) is 11.2. The molecule has 8 heteroatoms. The second-order valence-corrected chi connectivity index (χ2v) is 8.53. The van der Waals surface area contributed by atoms with E-state index >= 15 is 0 Å². The molecule has 1 aliphatic carbocycles. The van der Waals surface area contributed by atoms with Crippen LogP contribution < -0.4 is 10.6 Å². The van der Waals surface area contributed by atoms with Gasteiger partial charge in [0.05, 0.1) is 17.5 Å². The third-order valence-corrected chi connectivity index (χ3v) is 6.39. The normalized spacial score (nSPS) is 18.1. The van der Waals surface area contributed by atoms with E-state index < -0.39 is 0 Å². The summed E-state index contributed by atoms with van der Waals surface area (Å²) in [6.07, 6.45) is 8.67. The Labute approximate surface area is 182 Å². The number of halogens is 1. The van der Waals surface area contributed by atoms with E-state index in [0.717, 1.165) is 12.8 Å². The Kier molecular flexibility index (Phi) is 6.53. The molecule has 166 valence electrons. The minimum atomic E-state index is -0.389. The van der Waals surface area contributed by atoms with Crippen LogP contribution in [0.1, 0.15) is 61.0 Å². The van der Waals surface area contributed by atoms with Gasteiger partial charge < -0.3 is 15.5 Å².